The minimum Gasteiger partial charge on any atom is -0.397 e. The average Bonchev–Trinajstić information content (AvgIpc) is 2.77. The van der Waals surface area contributed by atoms with Gasteiger partial charge in [0, 0.05) is 19.4 Å². The number of amides is 1. The lowest BCUT2D eigenvalue weighted by molar-refractivity contribution is -0.113. The Morgan fingerprint density at radius 2 is 2.37 bits per heavy atom. The fourth-order valence-corrected chi connectivity index (χ4v) is 2.18. The van der Waals surface area contributed by atoms with E-state index in [2.05, 4.69) is 10.3 Å². The van der Waals surface area contributed by atoms with Gasteiger partial charge in [-0.2, -0.15) is 0 Å². The number of aromatic nitrogens is 2. The molecule has 7 heteroatoms. The Hall–Kier alpha value is -2.02. The van der Waals surface area contributed by atoms with E-state index in [1.54, 1.807) is 12.4 Å². The molecule has 2 aromatic rings. The number of nitrogens with one attached hydrogen (secondary N) is 1. The van der Waals surface area contributed by atoms with Gasteiger partial charge in [-0.15, -0.1) is 0 Å². The highest BCUT2D eigenvalue weighted by molar-refractivity contribution is 7.99. The highest BCUT2D eigenvalue weighted by Crippen LogP contribution is 2.20. The molecule has 0 unspecified atom stereocenters. The number of carbonyl (C=O) groups excluding carboxylic acids is 1. The number of nitrogens with two attached hydrogens (primary N) is 1. The third-order valence-electron chi connectivity index (χ3n) is 2.40. The van der Waals surface area contributed by atoms with Crippen molar-refractivity contribution < 1.29 is 9.18 Å². The van der Waals surface area contributed by atoms with Crippen molar-refractivity contribution in [3.8, 4) is 0 Å². The summed E-state index contributed by atoms with van der Waals surface area (Å²) >= 11 is 1.30. The molecule has 0 aliphatic heterocycles. The number of hydrogen-bond acceptors (Lipinski definition) is 4. The van der Waals surface area contributed by atoms with Crippen molar-refractivity contribution in [2.45, 2.75) is 5.16 Å². The second kappa shape index (κ2) is 5.75. The van der Waals surface area contributed by atoms with Gasteiger partial charge in [0.15, 0.2) is 5.16 Å². The van der Waals surface area contributed by atoms with Gasteiger partial charge in [-0.3, -0.25) is 4.79 Å². The van der Waals surface area contributed by atoms with E-state index in [0.29, 0.717) is 5.69 Å². The molecular weight excluding hydrogens is 267 g/mol. The smallest absolute Gasteiger partial charge is 0.234 e. The summed E-state index contributed by atoms with van der Waals surface area (Å²) in [7, 11) is 1.85. The zero-order valence-electron chi connectivity index (χ0n) is 10.3. The molecule has 1 aromatic carbocycles. The van der Waals surface area contributed by atoms with Crippen LogP contribution in [0, 0.1) is 5.82 Å². The Kier molecular flexibility index (Phi) is 4.06. The molecule has 1 amide bonds. The van der Waals surface area contributed by atoms with E-state index >= 15 is 0 Å². The Bertz CT molecular complexity index is 599. The van der Waals surface area contributed by atoms with Crippen LogP contribution in [0.2, 0.25) is 0 Å². The largest absolute Gasteiger partial charge is 0.397 e. The summed E-state index contributed by atoms with van der Waals surface area (Å²) < 4.78 is 14.8. The van der Waals surface area contributed by atoms with Crippen molar-refractivity contribution >= 4 is 29.0 Å². The molecule has 0 saturated carbocycles. The predicted octanol–water partition coefficient (Wildman–Crippen LogP) is 1.87. The highest BCUT2D eigenvalue weighted by atomic mass is 32.2. The third-order valence-corrected chi connectivity index (χ3v) is 3.46. The Morgan fingerprint density at radius 3 is 3.05 bits per heavy atom. The van der Waals surface area contributed by atoms with E-state index in [9.17, 15) is 9.18 Å². The molecule has 0 saturated heterocycles. The molecule has 0 atom stereocenters. The first-order valence-electron chi connectivity index (χ1n) is 5.51. The maximum atomic E-state index is 13.0. The number of rotatable bonds is 4. The summed E-state index contributed by atoms with van der Waals surface area (Å²) in [6.45, 7) is 0. The van der Waals surface area contributed by atoms with E-state index in [4.69, 9.17) is 5.73 Å². The lowest BCUT2D eigenvalue weighted by Gasteiger charge is -2.08. The van der Waals surface area contributed by atoms with Crippen LogP contribution in [0.4, 0.5) is 15.8 Å². The number of hydrogen-bond donors (Lipinski definition) is 2. The van der Waals surface area contributed by atoms with Crippen LogP contribution in [0.15, 0.2) is 35.7 Å². The SMILES string of the molecule is Cn1ccnc1SCC(=O)Nc1cc(F)ccc1N. The second-order valence-corrected chi connectivity index (χ2v) is 4.83. The normalized spacial score (nSPS) is 10.4. The van der Waals surface area contributed by atoms with Gasteiger partial charge in [-0.05, 0) is 18.2 Å². The summed E-state index contributed by atoms with van der Waals surface area (Å²) in [5.41, 5.74) is 6.26. The molecule has 100 valence electrons. The van der Waals surface area contributed by atoms with Gasteiger partial charge in [0.25, 0.3) is 0 Å². The Labute approximate surface area is 114 Å². The molecule has 0 radical (unpaired) electrons. The molecule has 0 fully saturated rings. The van der Waals surface area contributed by atoms with Crippen molar-refractivity contribution in [2.24, 2.45) is 7.05 Å². The van der Waals surface area contributed by atoms with Crippen LogP contribution in [-0.4, -0.2) is 21.2 Å². The highest BCUT2D eigenvalue weighted by Gasteiger charge is 2.08. The third kappa shape index (κ3) is 3.47. The van der Waals surface area contributed by atoms with E-state index in [-0.39, 0.29) is 17.3 Å². The predicted molar refractivity (Wildman–Crippen MR) is 73.4 cm³/mol. The van der Waals surface area contributed by atoms with Crippen molar-refractivity contribution in [2.75, 3.05) is 16.8 Å². The van der Waals surface area contributed by atoms with Crippen LogP contribution in [0.1, 0.15) is 0 Å². The lowest BCUT2D eigenvalue weighted by Crippen LogP contribution is -2.15. The van der Waals surface area contributed by atoms with Crippen LogP contribution in [0.3, 0.4) is 0 Å². The maximum absolute atomic E-state index is 13.0. The number of imidazole rings is 1. The van der Waals surface area contributed by atoms with E-state index < -0.39 is 5.82 Å². The number of anilines is 2. The molecule has 0 aliphatic carbocycles. The van der Waals surface area contributed by atoms with Crippen LogP contribution < -0.4 is 11.1 Å². The van der Waals surface area contributed by atoms with Crippen LogP contribution in [0.25, 0.3) is 0 Å². The van der Waals surface area contributed by atoms with Crippen LogP contribution in [0.5, 0.6) is 0 Å². The molecule has 1 aromatic heterocycles. The van der Waals surface area contributed by atoms with Gasteiger partial charge >= 0.3 is 0 Å². The number of thioether (sulfide) groups is 1. The minimum absolute atomic E-state index is 0.181. The number of benzene rings is 1. The van der Waals surface area contributed by atoms with E-state index in [1.807, 2.05) is 11.6 Å². The van der Waals surface area contributed by atoms with Crippen LogP contribution >= 0.6 is 11.8 Å². The first-order valence-corrected chi connectivity index (χ1v) is 6.50. The topological polar surface area (TPSA) is 72.9 Å². The van der Waals surface area contributed by atoms with E-state index in [1.165, 1.54) is 30.0 Å². The summed E-state index contributed by atoms with van der Waals surface area (Å²) in [6, 6.07) is 3.85. The molecule has 19 heavy (non-hydrogen) atoms. The summed E-state index contributed by atoms with van der Waals surface area (Å²) in [4.78, 5) is 15.8. The molecule has 0 bridgehead atoms. The fraction of sp³-hybridized carbons (Fsp3) is 0.167. The average molecular weight is 280 g/mol. The van der Waals surface area contributed by atoms with Gasteiger partial charge < -0.3 is 15.6 Å². The maximum Gasteiger partial charge on any atom is 0.234 e. The molecule has 3 N–H and O–H groups in total. The summed E-state index contributed by atoms with van der Waals surface area (Å²) in [5, 5.41) is 3.31. The van der Waals surface area contributed by atoms with Crippen molar-refractivity contribution in [1.82, 2.24) is 9.55 Å². The molecule has 1 heterocycles. The fourth-order valence-electron chi connectivity index (χ4n) is 1.44. The minimum atomic E-state index is -0.443. The number of nitrogens with zero attached hydrogens (tertiary/aromatic N) is 2. The van der Waals surface area contributed by atoms with Crippen molar-refractivity contribution in [3.63, 3.8) is 0 Å². The van der Waals surface area contributed by atoms with Crippen LogP contribution in [-0.2, 0) is 11.8 Å². The van der Waals surface area contributed by atoms with Crippen molar-refractivity contribution in [3.05, 3.63) is 36.4 Å². The number of carbonyl (C=O) groups is 1. The standard InChI is InChI=1S/C12H13FN4OS/c1-17-5-4-15-12(17)19-7-11(18)16-10-6-8(13)2-3-9(10)14/h2-6H,7,14H2,1H3,(H,16,18). The Balaban J connectivity index is 1.94. The Morgan fingerprint density at radius 1 is 1.58 bits per heavy atom. The monoisotopic (exact) mass is 280 g/mol. The summed E-state index contributed by atoms with van der Waals surface area (Å²) in [5.74, 6) is -0.521. The zero-order valence-corrected chi connectivity index (χ0v) is 11.1. The number of nitrogen functional groups attached to an aromatic ring is 1. The molecule has 5 nitrogen and oxygen atoms in total. The zero-order chi connectivity index (χ0) is 13.8. The van der Waals surface area contributed by atoms with Gasteiger partial charge in [0.1, 0.15) is 5.82 Å². The number of halogens is 1. The van der Waals surface area contributed by atoms with E-state index in [0.717, 1.165) is 5.16 Å². The number of aryl methyl sites for hydroxylation is 1. The molecule has 0 aliphatic rings. The quantitative estimate of drug-likeness (QED) is 0.662. The van der Waals surface area contributed by atoms with Gasteiger partial charge in [-0.1, -0.05) is 11.8 Å². The molecular formula is C12H13FN4OS. The lowest BCUT2D eigenvalue weighted by atomic mass is 10.2. The van der Waals surface area contributed by atoms with Gasteiger partial charge in [0.2, 0.25) is 5.91 Å². The first kappa shape index (κ1) is 13.4. The first-order chi connectivity index (χ1) is 9.06. The van der Waals surface area contributed by atoms with Gasteiger partial charge in [0.05, 0.1) is 17.1 Å². The van der Waals surface area contributed by atoms with Gasteiger partial charge in [-0.25, -0.2) is 9.37 Å². The summed E-state index contributed by atoms with van der Waals surface area (Å²) in [6.07, 6.45) is 3.45. The molecule has 2 rings (SSSR count). The van der Waals surface area contributed by atoms with Crippen molar-refractivity contribution in [1.29, 1.82) is 0 Å². The second-order valence-electron chi connectivity index (χ2n) is 3.89. The molecule has 0 spiro atoms.